The van der Waals surface area contributed by atoms with Crippen LogP contribution in [0.1, 0.15) is 118 Å². The number of hydrazine groups is 1. The fourth-order valence-corrected chi connectivity index (χ4v) is 8.94. The number of aryl methyl sites for hydroxylation is 1. The largest absolute Gasteiger partial charge is 1.00 e. The summed E-state index contributed by atoms with van der Waals surface area (Å²) < 4.78 is 13.1. The zero-order chi connectivity index (χ0) is 49.1. The zero-order valence-electron chi connectivity index (χ0n) is 45.2. The van der Waals surface area contributed by atoms with Crippen molar-refractivity contribution in [3.8, 4) is 23.8 Å². The van der Waals surface area contributed by atoms with Gasteiger partial charge in [-0.2, -0.15) is 0 Å². The molecule has 15 heteroatoms. The molecule has 0 aliphatic carbocycles. The number of nitrogens with zero attached hydrogens (tertiary/aromatic N) is 6. The van der Waals surface area contributed by atoms with Gasteiger partial charge in [0.1, 0.15) is 25.0 Å². The van der Waals surface area contributed by atoms with E-state index in [2.05, 4.69) is 98.7 Å². The number of benzene rings is 1. The van der Waals surface area contributed by atoms with E-state index in [-0.39, 0.29) is 113 Å². The van der Waals surface area contributed by atoms with Crippen LogP contribution in [-0.4, -0.2) is 120 Å². The van der Waals surface area contributed by atoms with Gasteiger partial charge in [-0.25, -0.2) is 9.80 Å². The standard InChI is InChI=1S/C40H55N5O2.C11H21N3O3.CH5N.2CH3.Cs/c1-10-28(5)38-33(17-16-20-41-38)39-35(25-40(8,9)27-47-13-4)34-24-31(18-19-37(34)44(39)12-3)36(11-2)43-29(6)23-32(26-46)30(7)45-22-15-14-21-42-45;1-8(2)9(10(12)15)13(3)11(16)14-4-6-17-7-5-14;1-2;;;/h4,11,16-20,24,26,28,30,32,42H,10,12,14-15,21-23,25,27H2,1-3,5-9H3;8-9H,4-7H2,1-3H3,(H2,12,15);2H2,1H3;2*1H3;/q;;;2*-1;+1/b36-11-,43-29?;;;;;. The normalized spacial score (nSPS) is 16.0. The van der Waals surface area contributed by atoms with Gasteiger partial charge in [-0.05, 0) is 109 Å². The third kappa shape index (κ3) is 18.2. The molecule has 0 spiro atoms. The molecular weight excluding hydrogens is 988 g/mol. The number of aldehydes is 1. The summed E-state index contributed by atoms with van der Waals surface area (Å²) in [4.78, 5) is 48.8. The number of hydrogen-bond donors (Lipinski definition) is 3. The number of urea groups is 1. The number of carbonyl (C=O) groups is 3. The van der Waals surface area contributed by atoms with Gasteiger partial charge >= 0.3 is 74.9 Å². The minimum atomic E-state index is -0.564. The molecule has 4 atom stereocenters. The van der Waals surface area contributed by atoms with Crippen molar-refractivity contribution >= 4 is 40.5 Å². The van der Waals surface area contributed by atoms with Gasteiger partial charge in [0.25, 0.3) is 0 Å². The predicted molar refractivity (Wildman–Crippen MR) is 282 cm³/mol. The maximum atomic E-state index is 12.2. The number of morpholine rings is 1. The molecule has 4 unspecified atom stereocenters. The molecule has 0 saturated carbocycles. The Balaban J connectivity index is 0.00000178. The summed E-state index contributed by atoms with van der Waals surface area (Å²) in [5.41, 5.74) is 22.0. The Morgan fingerprint density at radius 1 is 1.09 bits per heavy atom. The predicted octanol–water partition coefficient (Wildman–Crippen LogP) is 5.79. The Bertz CT molecular complexity index is 2130. The van der Waals surface area contributed by atoms with E-state index in [0.717, 1.165) is 67.8 Å². The van der Waals surface area contributed by atoms with Gasteiger partial charge < -0.3 is 55.0 Å². The van der Waals surface area contributed by atoms with Gasteiger partial charge in [0.15, 0.2) is 0 Å². The number of hydrogen-bond acceptors (Lipinski definition) is 10. The van der Waals surface area contributed by atoms with Crippen molar-refractivity contribution in [2.24, 2.45) is 33.7 Å². The Hall–Kier alpha value is -3.02. The third-order valence-electron chi connectivity index (χ3n) is 12.6. The Kier molecular flexibility index (Phi) is 31.4. The van der Waals surface area contributed by atoms with Crippen LogP contribution in [0.2, 0.25) is 0 Å². The van der Waals surface area contributed by atoms with Crippen molar-refractivity contribution in [2.45, 2.75) is 126 Å². The molecule has 5 rings (SSSR count). The Morgan fingerprint density at radius 2 is 1.75 bits per heavy atom. The number of rotatable bonds is 18. The maximum absolute atomic E-state index is 12.2. The number of nitrogens with one attached hydrogen (secondary N) is 1. The molecule has 4 heterocycles. The average molecular weight is 1080 g/mol. The first-order valence-corrected chi connectivity index (χ1v) is 23.8. The van der Waals surface area contributed by atoms with Crippen LogP contribution in [0.3, 0.4) is 0 Å². The van der Waals surface area contributed by atoms with Crippen molar-refractivity contribution in [3.05, 3.63) is 74.3 Å². The summed E-state index contributed by atoms with van der Waals surface area (Å²) in [5, 5.41) is 3.43. The number of fused-ring (bicyclic) bond motifs is 1. The summed E-state index contributed by atoms with van der Waals surface area (Å²) in [6, 6.07) is 10.4. The topological polar surface area (TPSA) is 174 Å². The summed E-state index contributed by atoms with van der Waals surface area (Å²) in [5.74, 6) is -0.276. The SMILES string of the molecule is C#COCC(C)(C)Cc1c(-c2cccnc2C(C)CC)n(CC)c2ccc(/C(=C/C)N=C(C)CC(C=O)C(C)N3CCCCN3)cc12.CC(C)C(C(N)=O)N(C)C(=O)N1CCOCC1.CN.[CH3-].[CH3-].[Cs+]. The summed E-state index contributed by atoms with van der Waals surface area (Å²) >= 11 is 0. The first-order chi connectivity index (χ1) is 31.5. The molecule has 2 saturated heterocycles. The molecule has 2 aromatic heterocycles. The van der Waals surface area contributed by atoms with Gasteiger partial charge in [0, 0.05) is 91.1 Å². The average Bonchev–Trinajstić information content (AvgIpc) is 3.63. The third-order valence-corrected chi connectivity index (χ3v) is 12.6. The van der Waals surface area contributed by atoms with Crippen LogP contribution in [0.25, 0.3) is 27.9 Å². The monoisotopic (exact) mass is 1070 g/mol. The molecule has 5 N–H and O–H groups in total. The van der Waals surface area contributed by atoms with Crippen LogP contribution in [0.5, 0.6) is 0 Å². The van der Waals surface area contributed by atoms with Crippen LogP contribution in [0.15, 0.2) is 47.6 Å². The molecule has 1 aromatic carbocycles. The van der Waals surface area contributed by atoms with Crippen molar-refractivity contribution < 1.29 is 92.8 Å². The smallest absolute Gasteiger partial charge is 0.446 e. The number of ether oxygens (including phenoxy) is 2. The number of carbonyl (C=O) groups excluding carboxylic acids is 3. The number of allylic oxidation sites excluding steroid dienone is 1. The van der Waals surface area contributed by atoms with Crippen LogP contribution in [0, 0.1) is 44.6 Å². The number of amides is 3. The van der Waals surface area contributed by atoms with E-state index >= 15 is 0 Å². The molecule has 380 valence electrons. The number of terminal acetylenes is 1. The molecule has 3 amide bonds. The van der Waals surface area contributed by atoms with Gasteiger partial charge in [0.05, 0.1) is 30.3 Å². The van der Waals surface area contributed by atoms with Crippen molar-refractivity contribution in [3.63, 3.8) is 0 Å². The minimum absolute atomic E-state index is 0. The molecule has 69 heavy (non-hydrogen) atoms. The number of likely N-dealkylation sites (N-methyl/N-ethyl adjacent to an activating group) is 1. The van der Waals surface area contributed by atoms with E-state index in [1.807, 2.05) is 40.0 Å². The van der Waals surface area contributed by atoms with Crippen molar-refractivity contribution in [1.82, 2.24) is 29.8 Å². The van der Waals surface area contributed by atoms with Gasteiger partial charge in [0.2, 0.25) is 5.91 Å². The number of aliphatic imine (C=N–C) groups is 1. The number of pyridine rings is 1. The second-order valence-corrected chi connectivity index (χ2v) is 18.5. The molecular formula is C54H87CsN9O5-. The van der Waals surface area contributed by atoms with E-state index in [1.54, 1.807) is 11.9 Å². The molecule has 0 radical (unpaired) electrons. The number of aromatic nitrogens is 2. The molecule has 3 aromatic rings. The van der Waals surface area contributed by atoms with Crippen molar-refractivity contribution in [1.29, 1.82) is 0 Å². The summed E-state index contributed by atoms with van der Waals surface area (Å²) in [7, 11) is 3.12. The number of primary amides is 1. The molecule has 2 aliphatic rings. The van der Waals surface area contributed by atoms with Gasteiger partial charge in [-0.1, -0.05) is 60.1 Å². The van der Waals surface area contributed by atoms with Crippen LogP contribution < -0.4 is 85.8 Å². The fraction of sp³-hybridized carbons (Fsp3) is 0.574. The first kappa shape index (κ1) is 66.0. The van der Waals surface area contributed by atoms with Crippen molar-refractivity contribution in [2.75, 3.05) is 60.1 Å². The second-order valence-electron chi connectivity index (χ2n) is 18.5. The number of nitrogens with two attached hydrogens (primary N) is 2. The molecule has 2 fully saturated rings. The summed E-state index contributed by atoms with van der Waals surface area (Å²) in [6.07, 6.45) is 17.7. The van der Waals surface area contributed by atoms with Crippen LogP contribution >= 0.6 is 0 Å². The molecule has 14 nitrogen and oxygen atoms in total. The molecule has 0 bridgehead atoms. The Morgan fingerprint density at radius 3 is 2.29 bits per heavy atom. The van der Waals surface area contributed by atoms with Crippen LogP contribution in [0.4, 0.5) is 4.79 Å². The summed E-state index contributed by atoms with van der Waals surface area (Å²) in [6.45, 7) is 26.5. The molecule has 2 aliphatic heterocycles. The maximum Gasteiger partial charge on any atom is 1.00 e. The zero-order valence-corrected chi connectivity index (χ0v) is 51.4. The van der Waals surface area contributed by atoms with Gasteiger partial charge in [-0.15, -0.1) is 0 Å². The minimum Gasteiger partial charge on any atom is -0.446 e. The quantitative estimate of drug-likeness (QED) is 0.0618. The van der Waals surface area contributed by atoms with E-state index in [0.29, 0.717) is 45.2 Å². The van der Waals surface area contributed by atoms with Crippen LogP contribution in [-0.2, 0) is 32.0 Å². The van der Waals surface area contributed by atoms with E-state index < -0.39 is 11.9 Å². The second kappa shape index (κ2) is 32.9. The van der Waals surface area contributed by atoms with E-state index in [9.17, 15) is 14.4 Å². The van der Waals surface area contributed by atoms with E-state index in [4.69, 9.17) is 31.6 Å². The van der Waals surface area contributed by atoms with Gasteiger partial charge in [-0.3, -0.25) is 20.2 Å². The van der Waals surface area contributed by atoms with E-state index in [1.165, 1.54) is 46.1 Å². The first-order valence-electron chi connectivity index (χ1n) is 23.8. The fourth-order valence-electron chi connectivity index (χ4n) is 8.94. The Labute approximate surface area is 475 Å².